The molecule has 2 heteroatoms. The van der Waals surface area contributed by atoms with Crippen molar-refractivity contribution in [1.29, 1.82) is 0 Å². The molecule has 0 fully saturated rings. The van der Waals surface area contributed by atoms with Gasteiger partial charge in [0.05, 0.1) is 5.69 Å². The Balaban J connectivity index is 1.01. The lowest BCUT2D eigenvalue weighted by atomic mass is 9.81. The second-order valence-corrected chi connectivity index (χ2v) is 16.1. The minimum atomic E-state index is -0.0992. The van der Waals surface area contributed by atoms with Gasteiger partial charge in [0, 0.05) is 33.1 Å². The molecule has 2 nitrogen and oxygen atoms in total. The molecule has 9 aromatic carbocycles. The second-order valence-electron chi connectivity index (χ2n) is 16.1. The van der Waals surface area contributed by atoms with Crippen molar-refractivity contribution >= 4 is 39.0 Å². The van der Waals surface area contributed by atoms with E-state index < -0.39 is 0 Å². The number of hydrogen-bond acceptors (Lipinski definition) is 2. The fraction of sp³-hybridized carbons (Fsp3) is 0.0526. The van der Waals surface area contributed by atoms with Crippen LogP contribution in [0.1, 0.15) is 25.0 Å². The van der Waals surface area contributed by atoms with Gasteiger partial charge in [-0.1, -0.05) is 166 Å². The van der Waals surface area contributed by atoms with E-state index in [0.717, 1.165) is 50.1 Å². The van der Waals surface area contributed by atoms with Crippen molar-refractivity contribution in [3.63, 3.8) is 0 Å². The SMILES string of the molecule is CC1(C)c2ccc(-c3cccc(N(c4ccc(-c5ccc6oc7ccccc7c6c5)cc4)c4ccccc4-c4ccccc4)c3)cc2-c2ccc(-c3ccccc3)cc21. The number of benzene rings is 9. The summed E-state index contributed by atoms with van der Waals surface area (Å²) < 4.78 is 6.14. The van der Waals surface area contributed by atoms with Crippen LogP contribution in [-0.4, -0.2) is 0 Å². The van der Waals surface area contributed by atoms with Crippen molar-refractivity contribution in [2.45, 2.75) is 19.3 Å². The molecule has 1 aliphatic carbocycles. The molecular weight excluding hydrogens is 715 g/mol. The normalized spacial score (nSPS) is 12.7. The highest BCUT2D eigenvalue weighted by molar-refractivity contribution is 6.06. The van der Waals surface area contributed by atoms with Gasteiger partial charge < -0.3 is 9.32 Å². The molecule has 0 atom stereocenters. The van der Waals surface area contributed by atoms with E-state index in [1.165, 1.54) is 55.6 Å². The van der Waals surface area contributed by atoms with Gasteiger partial charge in [0.25, 0.3) is 0 Å². The zero-order chi connectivity index (χ0) is 39.5. The average molecular weight is 756 g/mol. The number of hydrogen-bond donors (Lipinski definition) is 0. The average Bonchev–Trinajstić information content (AvgIpc) is 3.78. The molecular formula is C57H41NO. The van der Waals surface area contributed by atoms with E-state index in [2.05, 4.69) is 219 Å². The lowest BCUT2D eigenvalue weighted by Gasteiger charge is -2.28. The van der Waals surface area contributed by atoms with Crippen LogP contribution in [0.5, 0.6) is 0 Å². The Bertz CT molecular complexity index is 3170. The van der Waals surface area contributed by atoms with Crippen LogP contribution in [0, 0.1) is 0 Å². The van der Waals surface area contributed by atoms with Gasteiger partial charge in [-0.2, -0.15) is 0 Å². The van der Waals surface area contributed by atoms with Gasteiger partial charge in [-0.3, -0.25) is 0 Å². The Labute approximate surface area is 345 Å². The molecule has 0 amide bonds. The molecule has 59 heavy (non-hydrogen) atoms. The minimum Gasteiger partial charge on any atom is -0.456 e. The summed E-state index contributed by atoms with van der Waals surface area (Å²) in [5.41, 5.74) is 20.0. The first-order valence-electron chi connectivity index (χ1n) is 20.4. The number of anilines is 3. The monoisotopic (exact) mass is 755 g/mol. The standard InChI is InChI=1S/C57H41NO/c1-57(2)52-32-27-43(35-50(52)48-31-26-44(37-53(48)57)38-14-5-3-6-15-38)41-18-13-19-46(34-41)58(54-22-11-9-20-47(54)40-16-7-4-8-17-40)45-29-24-39(25-30-45)42-28-33-56-51(36-42)49-21-10-12-23-55(49)59-56/h3-37H,1-2H3. The zero-order valence-electron chi connectivity index (χ0n) is 33.1. The van der Waals surface area contributed by atoms with Crippen LogP contribution in [0.15, 0.2) is 217 Å². The van der Waals surface area contributed by atoms with Crippen molar-refractivity contribution in [3.05, 3.63) is 223 Å². The molecule has 280 valence electrons. The summed E-state index contributed by atoms with van der Waals surface area (Å²) in [5, 5.41) is 2.27. The maximum absolute atomic E-state index is 6.14. The van der Waals surface area contributed by atoms with Gasteiger partial charge in [0.1, 0.15) is 11.2 Å². The number of rotatable bonds is 7. The third kappa shape index (κ3) is 5.96. The van der Waals surface area contributed by atoms with Crippen molar-refractivity contribution in [1.82, 2.24) is 0 Å². The highest BCUT2D eigenvalue weighted by Crippen LogP contribution is 2.51. The predicted octanol–water partition coefficient (Wildman–Crippen LogP) is 16.0. The fourth-order valence-electron chi connectivity index (χ4n) is 9.23. The van der Waals surface area contributed by atoms with E-state index in [1.54, 1.807) is 0 Å². The topological polar surface area (TPSA) is 16.4 Å². The lowest BCUT2D eigenvalue weighted by Crippen LogP contribution is -2.15. The third-order valence-corrected chi connectivity index (χ3v) is 12.3. The van der Waals surface area contributed by atoms with Crippen LogP contribution in [0.2, 0.25) is 0 Å². The summed E-state index contributed by atoms with van der Waals surface area (Å²) in [6.45, 7) is 4.72. The summed E-state index contributed by atoms with van der Waals surface area (Å²) in [6, 6.07) is 76.9. The van der Waals surface area contributed by atoms with Crippen molar-refractivity contribution in [3.8, 4) is 55.6 Å². The van der Waals surface area contributed by atoms with Crippen molar-refractivity contribution in [2.24, 2.45) is 0 Å². The Kier molecular flexibility index (Phi) is 8.20. The number of nitrogens with zero attached hydrogens (tertiary/aromatic N) is 1. The van der Waals surface area contributed by atoms with Crippen LogP contribution in [-0.2, 0) is 5.41 Å². The van der Waals surface area contributed by atoms with Crippen molar-refractivity contribution < 1.29 is 4.42 Å². The highest BCUT2D eigenvalue weighted by Gasteiger charge is 2.36. The first-order chi connectivity index (χ1) is 29.0. The molecule has 0 aliphatic heterocycles. The first-order valence-corrected chi connectivity index (χ1v) is 20.4. The summed E-state index contributed by atoms with van der Waals surface area (Å²) in [5.74, 6) is 0. The molecule has 0 bridgehead atoms. The first kappa shape index (κ1) is 34.8. The highest BCUT2D eigenvalue weighted by atomic mass is 16.3. The quantitative estimate of drug-likeness (QED) is 0.161. The maximum Gasteiger partial charge on any atom is 0.135 e. The largest absolute Gasteiger partial charge is 0.456 e. The maximum atomic E-state index is 6.14. The molecule has 1 aliphatic rings. The molecule has 0 saturated heterocycles. The predicted molar refractivity (Wildman–Crippen MR) is 248 cm³/mol. The minimum absolute atomic E-state index is 0.0992. The Morgan fingerprint density at radius 2 is 0.932 bits per heavy atom. The molecule has 0 N–H and O–H groups in total. The van der Waals surface area contributed by atoms with Gasteiger partial charge >= 0.3 is 0 Å². The van der Waals surface area contributed by atoms with E-state index in [0.29, 0.717) is 0 Å². The molecule has 0 spiro atoms. The Morgan fingerprint density at radius 1 is 0.339 bits per heavy atom. The van der Waals surface area contributed by atoms with E-state index in [9.17, 15) is 0 Å². The van der Waals surface area contributed by atoms with Crippen LogP contribution in [0.4, 0.5) is 17.1 Å². The van der Waals surface area contributed by atoms with Gasteiger partial charge in [0.2, 0.25) is 0 Å². The van der Waals surface area contributed by atoms with Crippen molar-refractivity contribution in [2.75, 3.05) is 4.90 Å². The molecule has 0 radical (unpaired) electrons. The van der Waals surface area contributed by atoms with E-state index in [-0.39, 0.29) is 5.41 Å². The summed E-state index contributed by atoms with van der Waals surface area (Å²) in [7, 11) is 0. The number of fused-ring (bicyclic) bond motifs is 6. The van der Waals surface area contributed by atoms with Crippen LogP contribution >= 0.6 is 0 Å². The smallest absolute Gasteiger partial charge is 0.135 e. The number of para-hydroxylation sites is 2. The van der Waals surface area contributed by atoms with E-state index >= 15 is 0 Å². The molecule has 11 rings (SSSR count). The molecule has 0 saturated carbocycles. The summed E-state index contributed by atoms with van der Waals surface area (Å²) >= 11 is 0. The second kappa shape index (κ2) is 13.9. The van der Waals surface area contributed by atoms with Crippen LogP contribution in [0.3, 0.4) is 0 Å². The zero-order valence-corrected chi connectivity index (χ0v) is 33.1. The summed E-state index contributed by atoms with van der Waals surface area (Å²) in [4.78, 5) is 2.40. The fourth-order valence-corrected chi connectivity index (χ4v) is 9.23. The lowest BCUT2D eigenvalue weighted by molar-refractivity contribution is 0.660. The Hall–Kier alpha value is -7.42. The van der Waals surface area contributed by atoms with Gasteiger partial charge in [-0.15, -0.1) is 0 Å². The van der Waals surface area contributed by atoms with Gasteiger partial charge in [0.15, 0.2) is 0 Å². The van der Waals surface area contributed by atoms with Crippen LogP contribution < -0.4 is 4.90 Å². The molecule has 1 heterocycles. The molecule has 0 unspecified atom stereocenters. The van der Waals surface area contributed by atoms with E-state index in [1.807, 2.05) is 12.1 Å². The molecule has 10 aromatic rings. The molecule has 1 aromatic heterocycles. The Morgan fingerprint density at radius 3 is 1.76 bits per heavy atom. The van der Waals surface area contributed by atoms with Gasteiger partial charge in [-0.05, 0) is 122 Å². The number of furan rings is 1. The van der Waals surface area contributed by atoms with E-state index in [4.69, 9.17) is 4.42 Å². The summed E-state index contributed by atoms with van der Waals surface area (Å²) in [6.07, 6.45) is 0. The van der Waals surface area contributed by atoms with Crippen LogP contribution in [0.25, 0.3) is 77.6 Å². The third-order valence-electron chi connectivity index (χ3n) is 12.3. The van der Waals surface area contributed by atoms with Gasteiger partial charge in [-0.25, -0.2) is 0 Å².